The molecule has 0 aromatic heterocycles. The van der Waals surface area contributed by atoms with E-state index >= 15 is 0 Å². The molecule has 4 N–H and O–H groups in total. The molecule has 0 radical (unpaired) electrons. The third-order valence-electron chi connectivity index (χ3n) is 1.32. The lowest BCUT2D eigenvalue weighted by Crippen LogP contribution is -2.27. The lowest BCUT2D eigenvalue weighted by Gasteiger charge is -2.05. The Labute approximate surface area is 77.1 Å². The molecule has 68 valence electrons. The Morgan fingerprint density at radius 1 is 1.75 bits per heavy atom. The number of allylic oxidation sites excluding steroid dienone is 1. The fraction of sp³-hybridized carbons (Fsp3) is 0.429. The van der Waals surface area contributed by atoms with Gasteiger partial charge in [0.1, 0.15) is 0 Å². The highest BCUT2D eigenvalue weighted by Crippen LogP contribution is 2.06. The third-order valence-corrected chi connectivity index (χ3v) is 1.65. The second kappa shape index (κ2) is 5.79. The number of thiol groups is 1. The molecule has 0 bridgehead atoms. The maximum atomic E-state index is 10.6. The van der Waals surface area contributed by atoms with Crippen molar-refractivity contribution in [2.24, 2.45) is 16.5 Å². The van der Waals surface area contributed by atoms with Crippen LogP contribution in [0.25, 0.3) is 0 Å². The van der Waals surface area contributed by atoms with E-state index < -0.39 is 6.04 Å². The van der Waals surface area contributed by atoms with Crippen molar-refractivity contribution in [3.8, 4) is 0 Å². The number of carbonyl (C=O) groups is 1. The fourth-order valence-electron chi connectivity index (χ4n) is 0.653. The summed E-state index contributed by atoms with van der Waals surface area (Å²) in [5.74, 6) is 0. The first kappa shape index (κ1) is 11.2. The van der Waals surface area contributed by atoms with E-state index in [0.717, 1.165) is 0 Å². The molecule has 0 unspecified atom stereocenters. The van der Waals surface area contributed by atoms with Gasteiger partial charge in [-0.05, 0) is 6.92 Å². The summed E-state index contributed by atoms with van der Waals surface area (Å²) in [6, 6.07) is -0.608. The van der Waals surface area contributed by atoms with Crippen molar-refractivity contribution in [3.63, 3.8) is 0 Å². The summed E-state index contributed by atoms with van der Waals surface area (Å²) in [5.41, 5.74) is 11.2. The minimum atomic E-state index is -0.608. The van der Waals surface area contributed by atoms with E-state index in [2.05, 4.69) is 17.6 Å². The van der Waals surface area contributed by atoms with E-state index in [1.54, 1.807) is 13.0 Å². The number of nitrogens with zero attached hydrogens (tertiary/aromatic N) is 1. The molecule has 4 nitrogen and oxygen atoms in total. The number of rotatable bonds is 4. The summed E-state index contributed by atoms with van der Waals surface area (Å²) < 4.78 is 0. The molecule has 0 saturated heterocycles. The first-order valence-electron chi connectivity index (χ1n) is 3.49. The quantitative estimate of drug-likeness (QED) is 0.330. The van der Waals surface area contributed by atoms with Gasteiger partial charge in [0.25, 0.3) is 0 Å². The second-order valence-corrected chi connectivity index (χ2v) is 2.65. The first-order valence-corrected chi connectivity index (χ1v) is 3.94. The van der Waals surface area contributed by atoms with E-state index in [1.165, 1.54) is 6.34 Å². The SMILES string of the molecule is C/C=C(/C[C@H](N)C(=O)S)N=CN. The Hall–Kier alpha value is -0.810. The zero-order valence-corrected chi connectivity index (χ0v) is 7.79. The highest BCUT2D eigenvalue weighted by molar-refractivity contribution is 7.96. The van der Waals surface area contributed by atoms with E-state index in [1.807, 2.05) is 0 Å². The lowest BCUT2D eigenvalue weighted by atomic mass is 10.2. The normalized spacial score (nSPS) is 15.1. The number of hydrogen-bond acceptors (Lipinski definition) is 3. The van der Waals surface area contributed by atoms with Gasteiger partial charge < -0.3 is 11.5 Å². The molecular weight excluding hydrogens is 174 g/mol. The van der Waals surface area contributed by atoms with Gasteiger partial charge in [-0.1, -0.05) is 6.08 Å². The predicted molar refractivity (Wildman–Crippen MR) is 53.0 cm³/mol. The Bertz CT molecular complexity index is 213. The van der Waals surface area contributed by atoms with Gasteiger partial charge in [0.05, 0.1) is 12.4 Å². The zero-order valence-electron chi connectivity index (χ0n) is 6.90. The van der Waals surface area contributed by atoms with Crippen LogP contribution in [0, 0.1) is 0 Å². The molecule has 0 saturated carbocycles. The fourth-order valence-corrected chi connectivity index (χ4v) is 0.745. The van der Waals surface area contributed by atoms with Crippen LogP contribution in [-0.4, -0.2) is 17.5 Å². The van der Waals surface area contributed by atoms with Gasteiger partial charge in [-0.15, -0.1) is 12.6 Å². The number of hydrogen-bond donors (Lipinski definition) is 3. The van der Waals surface area contributed by atoms with Crippen molar-refractivity contribution in [1.82, 2.24) is 0 Å². The van der Waals surface area contributed by atoms with Crippen LogP contribution < -0.4 is 11.5 Å². The van der Waals surface area contributed by atoms with Crippen LogP contribution in [0.2, 0.25) is 0 Å². The van der Waals surface area contributed by atoms with E-state index in [-0.39, 0.29) is 5.12 Å². The average molecular weight is 187 g/mol. The molecule has 0 spiro atoms. The first-order chi connectivity index (χ1) is 5.61. The monoisotopic (exact) mass is 187 g/mol. The van der Waals surface area contributed by atoms with E-state index in [0.29, 0.717) is 12.1 Å². The summed E-state index contributed by atoms with van der Waals surface area (Å²) in [4.78, 5) is 14.4. The van der Waals surface area contributed by atoms with Crippen LogP contribution in [0.1, 0.15) is 13.3 Å². The maximum absolute atomic E-state index is 10.6. The molecule has 0 aliphatic rings. The van der Waals surface area contributed by atoms with Crippen molar-refractivity contribution < 1.29 is 4.79 Å². The highest BCUT2D eigenvalue weighted by atomic mass is 32.1. The summed E-state index contributed by atoms with van der Waals surface area (Å²) in [5, 5.41) is -0.346. The van der Waals surface area contributed by atoms with Gasteiger partial charge in [0.15, 0.2) is 0 Å². The van der Waals surface area contributed by atoms with Crippen LogP contribution >= 0.6 is 12.6 Å². The standard InChI is InChI=1S/C7H13N3OS/c1-2-5(10-4-8)3-6(9)7(11)12/h2,4,6H,3,9H2,1H3,(H2,8,10)(H,11,12)/b5-2-/t6-/m0/s1. The number of carbonyl (C=O) groups excluding carboxylic acids is 1. The minimum Gasteiger partial charge on any atom is -0.390 e. The molecule has 0 aliphatic heterocycles. The van der Waals surface area contributed by atoms with Crippen LogP contribution in [0.15, 0.2) is 16.8 Å². The van der Waals surface area contributed by atoms with Gasteiger partial charge in [-0.25, -0.2) is 4.99 Å². The molecule has 5 heteroatoms. The Kier molecular flexibility index (Phi) is 5.40. The number of nitrogens with two attached hydrogens (primary N) is 2. The van der Waals surface area contributed by atoms with Gasteiger partial charge in [-0.2, -0.15) is 0 Å². The van der Waals surface area contributed by atoms with Crippen LogP contribution in [0.3, 0.4) is 0 Å². The molecule has 1 atom stereocenters. The molecular formula is C7H13N3OS. The third kappa shape index (κ3) is 4.15. The van der Waals surface area contributed by atoms with Crippen LogP contribution in [0.5, 0.6) is 0 Å². The van der Waals surface area contributed by atoms with Gasteiger partial charge in [0, 0.05) is 12.1 Å². The Balaban J connectivity index is 4.13. The van der Waals surface area contributed by atoms with Crippen molar-refractivity contribution in [2.45, 2.75) is 19.4 Å². The summed E-state index contributed by atoms with van der Waals surface area (Å²) in [6.45, 7) is 1.80. The van der Waals surface area contributed by atoms with E-state index in [9.17, 15) is 4.79 Å². The van der Waals surface area contributed by atoms with Gasteiger partial charge >= 0.3 is 0 Å². The smallest absolute Gasteiger partial charge is 0.203 e. The van der Waals surface area contributed by atoms with Crippen LogP contribution in [0.4, 0.5) is 0 Å². The summed E-state index contributed by atoms with van der Waals surface area (Å²) in [6.07, 6.45) is 3.29. The number of aliphatic imine (C=N–C) groups is 1. The summed E-state index contributed by atoms with van der Waals surface area (Å²) >= 11 is 3.60. The lowest BCUT2D eigenvalue weighted by molar-refractivity contribution is -0.111. The van der Waals surface area contributed by atoms with Crippen molar-refractivity contribution in [1.29, 1.82) is 0 Å². The zero-order chi connectivity index (χ0) is 9.56. The van der Waals surface area contributed by atoms with Gasteiger partial charge in [0.2, 0.25) is 5.12 Å². The predicted octanol–water partition coefficient (Wildman–Crippen LogP) is 0.0510. The second-order valence-electron chi connectivity index (χ2n) is 2.21. The Morgan fingerprint density at radius 2 is 2.33 bits per heavy atom. The molecule has 0 heterocycles. The van der Waals surface area contributed by atoms with Crippen molar-refractivity contribution in [2.75, 3.05) is 0 Å². The molecule has 0 amide bonds. The topological polar surface area (TPSA) is 81.5 Å². The van der Waals surface area contributed by atoms with Crippen molar-refractivity contribution >= 4 is 24.1 Å². The van der Waals surface area contributed by atoms with E-state index in [4.69, 9.17) is 11.5 Å². The Morgan fingerprint density at radius 3 is 2.67 bits per heavy atom. The largest absolute Gasteiger partial charge is 0.390 e. The summed E-state index contributed by atoms with van der Waals surface area (Å²) in [7, 11) is 0. The molecule has 0 aromatic rings. The van der Waals surface area contributed by atoms with Gasteiger partial charge in [-0.3, -0.25) is 4.79 Å². The molecule has 12 heavy (non-hydrogen) atoms. The highest BCUT2D eigenvalue weighted by Gasteiger charge is 2.10. The average Bonchev–Trinajstić information content (AvgIpc) is 2.03. The molecule has 0 aromatic carbocycles. The molecule has 0 fully saturated rings. The molecule has 0 rings (SSSR count). The minimum absolute atomic E-state index is 0.346. The maximum Gasteiger partial charge on any atom is 0.203 e. The van der Waals surface area contributed by atoms with Crippen LogP contribution in [-0.2, 0) is 4.79 Å². The van der Waals surface area contributed by atoms with Crippen molar-refractivity contribution in [3.05, 3.63) is 11.8 Å². The molecule has 0 aliphatic carbocycles.